The number of carbonyl (C=O) groups excluding carboxylic acids is 1. The molecule has 23 heavy (non-hydrogen) atoms. The van der Waals surface area contributed by atoms with Gasteiger partial charge in [-0.2, -0.15) is 0 Å². The molecule has 0 radical (unpaired) electrons. The van der Waals surface area contributed by atoms with Gasteiger partial charge in [0.05, 0.1) is 5.69 Å². The molecule has 1 amide bonds. The molecule has 0 unspecified atom stereocenters. The number of nitrogens with zero attached hydrogens (tertiary/aromatic N) is 1. The first-order valence-corrected chi connectivity index (χ1v) is 7.15. The van der Waals surface area contributed by atoms with Crippen LogP contribution in [0.4, 0.5) is 11.4 Å². The lowest BCUT2D eigenvalue weighted by atomic mass is 10.3. The Morgan fingerprint density at radius 1 is 0.957 bits per heavy atom. The summed E-state index contributed by atoms with van der Waals surface area (Å²) >= 11 is 5.31. The van der Waals surface area contributed by atoms with Crippen molar-refractivity contribution in [1.29, 1.82) is 0 Å². The molecule has 0 bridgehead atoms. The number of hydrogen-bond donors (Lipinski definition) is 2. The average Bonchev–Trinajstić information content (AvgIpc) is 2.55. The minimum absolute atomic E-state index is 0.155. The van der Waals surface area contributed by atoms with Gasteiger partial charge in [-0.15, -0.1) is 0 Å². The molecular formula is C17H14N2O3S. The maximum absolute atomic E-state index is 12.3. The lowest BCUT2D eigenvalue weighted by Crippen LogP contribution is -2.39. The van der Waals surface area contributed by atoms with E-state index < -0.39 is 11.9 Å². The van der Waals surface area contributed by atoms with Gasteiger partial charge in [-0.25, -0.2) is 4.79 Å². The van der Waals surface area contributed by atoms with Crippen molar-refractivity contribution in [2.75, 3.05) is 10.2 Å². The lowest BCUT2D eigenvalue weighted by Gasteiger charge is -2.22. The molecule has 0 aliphatic rings. The van der Waals surface area contributed by atoms with Crippen molar-refractivity contribution >= 4 is 40.6 Å². The normalized spacial score (nSPS) is 10.3. The van der Waals surface area contributed by atoms with Gasteiger partial charge in [-0.05, 0) is 36.5 Å². The molecular weight excluding hydrogens is 312 g/mol. The first-order valence-electron chi connectivity index (χ1n) is 6.74. The number of amides is 1. The maximum Gasteiger partial charge on any atom is 0.328 e. The molecule has 0 aliphatic carbocycles. The Morgan fingerprint density at radius 2 is 1.52 bits per heavy atom. The Kier molecular flexibility index (Phi) is 5.60. The lowest BCUT2D eigenvalue weighted by molar-refractivity contribution is -0.131. The van der Waals surface area contributed by atoms with Crippen molar-refractivity contribution in [3.05, 3.63) is 72.8 Å². The summed E-state index contributed by atoms with van der Waals surface area (Å²) in [5.74, 6) is -1.75. The molecule has 116 valence electrons. The van der Waals surface area contributed by atoms with E-state index in [9.17, 15) is 9.59 Å². The topological polar surface area (TPSA) is 69.6 Å². The van der Waals surface area contributed by atoms with Gasteiger partial charge in [0.15, 0.2) is 5.11 Å². The minimum atomic E-state index is -1.20. The van der Waals surface area contributed by atoms with E-state index >= 15 is 0 Å². The Hall–Kier alpha value is -2.99. The Labute approximate surface area is 138 Å². The molecule has 0 saturated heterocycles. The van der Waals surface area contributed by atoms with Gasteiger partial charge in [-0.3, -0.25) is 9.69 Å². The molecule has 2 N–H and O–H groups in total. The van der Waals surface area contributed by atoms with Crippen molar-refractivity contribution < 1.29 is 14.7 Å². The highest BCUT2D eigenvalue weighted by molar-refractivity contribution is 7.80. The van der Waals surface area contributed by atoms with E-state index in [-0.39, 0.29) is 5.11 Å². The fourth-order valence-electron chi connectivity index (χ4n) is 1.84. The molecule has 0 saturated carbocycles. The summed E-state index contributed by atoms with van der Waals surface area (Å²) in [5, 5.41) is 11.8. The van der Waals surface area contributed by atoms with E-state index in [0.29, 0.717) is 5.69 Å². The summed E-state index contributed by atoms with van der Waals surface area (Å²) in [6, 6.07) is 17.9. The van der Waals surface area contributed by atoms with Crippen molar-refractivity contribution in [3.63, 3.8) is 0 Å². The molecule has 6 heteroatoms. The fraction of sp³-hybridized carbons (Fsp3) is 0. The number of carboxylic acids is 1. The summed E-state index contributed by atoms with van der Waals surface area (Å²) in [4.78, 5) is 24.2. The van der Waals surface area contributed by atoms with Crippen LogP contribution in [0.25, 0.3) is 0 Å². The summed E-state index contributed by atoms with van der Waals surface area (Å²) in [6.07, 6.45) is 1.75. The van der Waals surface area contributed by atoms with Crippen LogP contribution in [0.15, 0.2) is 72.8 Å². The molecule has 0 atom stereocenters. The number of benzene rings is 2. The monoisotopic (exact) mass is 326 g/mol. The highest BCUT2D eigenvalue weighted by Gasteiger charge is 2.18. The van der Waals surface area contributed by atoms with Crippen LogP contribution in [0, 0.1) is 0 Å². The zero-order valence-corrected chi connectivity index (χ0v) is 12.9. The first-order chi connectivity index (χ1) is 11.1. The van der Waals surface area contributed by atoms with Gasteiger partial charge in [0.2, 0.25) is 0 Å². The Bertz CT molecular complexity index is 730. The number of aliphatic carboxylic acids is 1. The number of carbonyl (C=O) groups is 2. The van der Waals surface area contributed by atoms with E-state index in [0.717, 1.165) is 17.8 Å². The predicted molar refractivity (Wildman–Crippen MR) is 93.4 cm³/mol. The third-order valence-electron chi connectivity index (χ3n) is 2.83. The molecule has 0 aromatic heterocycles. The molecule has 0 heterocycles. The van der Waals surface area contributed by atoms with Gasteiger partial charge in [0.25, 0.3) is 5.91 Å². The molecule has 0 fully saturated rings. The van der Waals surface area contributed by atoms with E-state index in [1.165, 1.54) is 4.90 Å². The zero-order valence-electron chi connectivity index (χ0n) is 12.0. The van der Waals surface area contributed by atoms with Crippen molar-refractivity contribution in [3.8, 4) is 0 Å². The van der Waals surface area contributed by atoms with Crippen LogP contribution >= 0.6 is 12.2 Å². The first kappa shape index (κ1) is 16.4. The molecule has 5 nitrogen and oxygen atoms in total. The van der Waals surface area contributed by atoms with Gasteiger partial charge >= 0.3 is 5.97 Å². The number of nitrogens with one attached hydrogen (secondary N) is 1. The number of thiocarbonyl (C=S) groups is 1. The van der Waals surface area contributed by atoms with Crippen LogP contribution in [-0.2, 0) is 9.59 Å². The van der Waals surface area contributed by atoms with Crippen molar-refractivity contribution in [1.82, 2.24) is 0 Å². The SMILES string of the molecule is O=C(O)C=CC(=O)N(C(=S)Nc1ccccc1)c1ccccc1. The van der Waals surface area contributed by atoms with E-state index in [1.807, 2.05) is 36.4 Å². The second kappa shape index (κ2) is 7.86. The second-order valence-electron chi connectivity index (χ2n) is 4.48. The summed E-state index contributed by atoms with van der Waals surface area (Å²) < 4.78 is 0. The number of anilines is 2. The number of para-hydroxylation sites is 2. The summed E-state index contributed by atoms with van der Waals surface area (Å²) in [6.45, 7) is 0. The van der Waals surface area contributed by atoms with Gasteiger partial charge < -0.3 is 10.4 Å². The van der Waals surface area contributed by atoms with Gasteiger partial charge in [0.1, 0.15) is 0 Å². The minimum Gasteiger partial charge on any atom is -0.478 e. The van der Waals surface area contributed by atoms with Crippen molar-refractivity contribution in [2.24, 2.45) is 0 Å². The van der Waals surface area contributed by atoms with Crippen LogP contribution in [0.5, 0.6) is 0 Å². The third-order valence-corrected chi connectivity index (χ3v) is 3.12. The number of carboxylic acid groups (broad SMARTS) is 1. The van der Waals surface area contributed by atoms with Crippen LogP contribution < -0.4 is 10.2 Å². The Balaban J connectivity index is 2.28. The van der Waals surface area contributed by atoms with Gasteiger partial charge in [0, 0.05) is 17.8 Å². The molecule has 2 rings (SSSR count). The third kappa shape index (κ3) is 4.76. The van der Waals surface area contributed by atoms with Gasteiger partial charge in [-0.1, -0.05) is 36.4 Å². The molecule has 0 spiro atoms. The number of hydrogen-bond acceptors (Lipinski definition) is 3. The van der Waals surface area contributed by atoms with Crippen LogP contribution in [0.2, 0.25) is 0 Å². The van der Waals surface area contributed by atoms with Crippen molar-refractivity contribution in [2.45, 2.75) is 0 Å². The average molecular weight is 326 g/mol. The quantitative estimate of drug-likeness (QED) is 0.667. The van der Waals surface area contributed by atoms with Crippen LogP contribution in [-0.4, -0.2) is 22.1 Å². The maximum atomic E-state index is 12.3. The molecule has 2 aromatic carbocycles. The summed E-state index contributed by atoms with van der Waals surface area (Å²) in [5.41, 5.74) is 1.27. The second-order valence-corrected chi connectivity index (χ2v) is 4.86. The summed E-state index contributed by atoms with van der Waals surface area (Å²) in [7, 11) is 0. The highest BCUT2D eigenvalue weighted by Crippen LogP contribution is 2.16. The standard InChI is InChI=1S/C17H14N2O3S/c20-15(11-12-16(21)22)19(14-9-5-2-6-10-14)17(23)18-13-7-3-1-4-8-13/h1-12H,(H,18,23)(H,21,22). The van der Waals surface area contributed by atoms with E-state index in [2.05, 4.69) is 5.32 Å². The highest BCUT2D eigenvalue weighted by atomic mass is 32.1. The van der Waals surface area contributed by atoms with Crippen LogP contribution in [0.3, 0.4) is 0 Å². The molecule has 2 aromatic rings. The fourth-order valence-corrected chi connectivity index (χ4v) is 2.15. The Morgan fingerprint density at radius 3 is 2.09 bits per heavy atom. The van der Waals surface area contributed by atoms with E-state index in [1.54, 1.807) is 24.3 Å². The largest absolute Gasteiger partial charge is 0.478 e. The van der Waals surface area contributed by atoms with Crippen LogP contribution in [0.1, 0.15) is 0 Å². The molecule has 0 aliphatic heterocycles. The smallest absolute Gasteiger partial charge is 0.328 e. The zero-order chi connectivity index (χ0) is 16.7. The van der Waals surface area contributed by atoms with E-state index in [4.69, 9.17) is 17.3 Å². The number of rotatable bonds is 4. The predicted octanol–water partition coefficient (Wildman–Crippen LogP) is 3.06.